The van der Waals surface area contributed by atoms with E-state index in [4.69, 9.17) is 10.6 Å². The molecule has 1 amide bonds. The SMILES string of the molecule is NNC(=O)CCCOc1ccc(F)cc1Br. The highest BCUT2D eigenvalue weighted by Gasteiger charge is 2.03. The van der Waals surface area contributed by atoms with E-state index in [0.717, 1.165) is 0 Å². The second-order valence-corrected chi connectivity index (χ2v) is 3.95. The molecule has 0 aliphatic heterocycles. The van der Waals surface area contributed by atoms with E-state index in [9.17, 15) is 9.18 Å². The van der Waals surface area contributed by atoms with Gasteiger partial charge in [0, 0.05) is 6.42 Å². The number of halogens is 2. The molecule has 0 heterocycles. The van der Waals surface area contributed by atoms with Crippen molar-refractivity contribution in [1.29, 1.82) is 0 Å². The van der Waals surface area contributed by atoms with Gasteiger partial charge in [0.15, 0.2) is 0 Å². The van der Waals surface area contributed by atoms with Gasteiger partial charge in [-0.3, -0.25) is 10.2 Å². The lowest BCUT2D eigenvalue weighted by Crippen LogP contribution is -2.29. The molecule has 0 aromatic heterocycles. The lowest BCUT2D eigenvalue weighted by Gasteiger charge is -2.07. The third-order valence-corrected chi connectivity index (χ3v) is 2.48. The highest BCUT2D eigenvalue weighted by atomic mass is 79.9. The van der Waals surface area contributed by atoms with Crippen LogP contribution < -0.4 is 16.0 Å². The fraction of sp³-hybridized carbons (Fsp3) is 0.300. The Hall–Kier alpha value is -1.14. The van der Waals surface area contributed by atoms with Gasteiger partial charge >= 0.3 is 0 Å². The lowest BCUT2D eigenvalue weighted by molar-refractivity contribution is -0.121. The lowest BCUT2D eigenvalue weighted by atomic mass is 10.3. The Kier molecular flexibility index (Phi) is 5.21. The predicted octanol–water partition coefficient (Wildman–Crippen LogP) is 1.74. The Morgan fingerprint density at radius 2 is 2.31 bits per heavy atom. The summed E-state index contributed by atoms with van der Waals surface area (Å²) < 4.78 is 18.6. The molecule has 6 heteroatoms. The van der Waals surface area contributed by atoms with Crippen molar-refractivity contribution in [2.24, 2.45) is 5.84 Å². The van der Waals surface area contributed by atoms with Gasteiger partial charge in [-0.2, -0.15) is 0 Å². The van der Waals surface area contributed by atoms with Gasteiger partial charge in [0.2, 0.25) is 5.91 Å². The van der Waals surface area contributed by atoms with Crippen LogP contribution in [0.5, 0.6) is 5.75 Å². The van der Waals surface area contributed by atoms with Gasteiger partial charge in [-0.25, -0.2) is 10.2 Å². The standard InChI is InChI=1S/C10H12BrFN2O2/c11-8-6-7(12)3-4-9(8)16-5-1-2-10(15)14-13/h3-4,6H,1-2,5,13H2,(H,14,15). The van der Waals surface area contributed by atoms with Crippen LogP contribution in [0.4, 0.5) is 4.39 Å². The minimum Gasteiger partial charge on any atom is -0.492 e. The highest BCUT2D eigenvalue weighted by molar-refractivity contribution is 9.10. The van der Waals surface area contributed by atoms with Crippen molar-refractivity contribution in [3.8, 4) is 5.75 Å². The minimum absolute atomic E-state index is 0.234. The van der Waals surface area contributed by atoms with Gasteiger partial charge in [0.05, 0.1) is 11.1 Å². The maximum Gasteiger partial charge on any atom is 0.234 e. The van der Waals surface area contributed by atoms with E-state index in [-0.39, 0.29) is 11.7 Å². The number of carbonyl (C=O) groups is 1. The number of nitrogens with two attached hydrogens (primary N) is 1. The minimum atomic E-state index is -0.332. The average molecular weight is 291 g/mol. The summed E-state index contributed by atoms with van der Waals surface area (Å²) in [5.74, 6) is 4.90. The smallest absolute Gasteiger partial charge is 0.234 e. The van der Waals surface area contributed by atoms with Gasteiger partial charge in [-0.05, 0) is 40.5 Å². The first kappa shape index (κ1) is 12.9. The molecular weight excluding hydrogens is 279 g/mol. The Bertz CT molecular complexity index is 374. The zero-order valence-electron chi connectivity index (χ0n) is 8.50. The first-order valence-electron chi connectivity index (χ1n) is 4.71. The monoisotopic (exact) mass is 290 g/mol. The van der Waals surface area contributed by atoms with Crippen LogP contribution in [-0.4, -0.2) is 12.5 Å². The molecule has 88 valence electrons. The van der Waals surface area contributed by atoms with Crippen molar-refractivity contribution in [2.75, 3.05) is 6.61 Å². The fourth-order valence-corrected chi connectivity index (χ4v) is 1.54. The van der Waals surface area contributed by atoms with Gasteiger partial charge in [-0.1, -0.05) is 0 Å². The first-order chi connectivity index (χ1) is 7.63. The normalized spacial score (nSPS) is 9.94. The number of carbonyl (C=O) groups excluding carboxylic acids is 1. The van der Waals surface area contributed by atoms with Crippen LogP contribution in [0.15, 0.2) is 22.7 Å². The first-order valence-corrected chi connectivity index (χ1v) is 5.50. The van der Waals surface area contributed by atoms with E-state index >= 15 is 0 Å². The van der Waals surface area contributed by atoms with E-state index in [2.05, 4.69) is 15.9 Å². The molecule has 1 aromatic rings. The van der Waals surface area contributed by atoms with Gasteiger partial charge in [0.1, 0.15) is 11.6 Å². The number of hydrazine groups is 1. The van der Waals surface area contributed by atoms with Crippen LogP contribution in [0.3, 0.4) is 0 Å². The van der Waals surface area contributed by atoms with E-state index in [1.165, 1.54) is 18.2 Å². The third-order valence-electron chi connectivity index (χ3n) is 1.86. The summed E-state index contributed by atoms with van der Waals surface area (Å²) in [7, 11) is 0. The molecule has 0 bridgehead atoms. The van der Waals surface area contributed by atoms with Crippen LogP contribution in [0.1, 0.15) is 12.8 Å². The maximum absolute atomic E-state index is 12.7. The molecule has 0 spiro atoms. The molecule has 0 saturated heterocycles. The van der Waals surface area contributed by atoms with Gasteiger partial charge < -0.3 is 4.74 Å². The molecule has 0 fully saturated rings. The summed E-state index contributed by atoms with van der Waals surface area (Å²) in [5.41, 5.74) is 2.03. The van der Waals surface area contributed by atoms with E-state index in [1.54, 1.807) is 0 Å². The maximum atomic E-state index is 12.7. The number of rotatable bonds is 5. The molecule has 0 radical (unpaired) electrons. The molecule has 0 aliphatic rings. The zero-order chi connectivity index (χ0) is 12.0. The zero-order valence-corrected chi connectivity index (χ0v) is 10.1. The number of amides is 1. The molecule has 0 saturated carbocycles. The predicted molar refractivity (Wildman–Crippen MR) is 61.2 cm³/mol. The summed E-state index contributed by atoms with van der Waals surface area (Å²) >= 11 is 3.18. The second kappa shape index (κ2) is 6.44. The summed E-state index contributed by atoms with van der Waals surface area (Å²) in [4.78, 5) is 10.8. The molecule has 0 unspecified atom stereocenters. The van der Waals surface area contributed by atoms with Crippen molar-refractivity contribution in [3.63, 3.8) is 0 Å². The number of hydrogen-bond donors (Lipinski definition) is 2. The Morgan fingerprint density at radius 3 is 2.94 bits per heavy atom. The van der Waals surface area contributed by atoms with Gasteiger partial charge in [0.25, 0.3) is 0 Å². The summed E-state index contributed by atoms with van der Waals surface area (Å²) in [6.45, 7) is 0.373. The van der Waals surface area contributed by atoms with Gasteiger partial charge in [-0.15, -0.1) is 0 Å². The van der Waals surface area contributed by atoms with Crippen molar-refractivity contribution >= 4 is 21.8 Å². The van der Waals surface area contributed by atoms with E-state index < -0.39 is 0 Å². The molecule has 4 nitrogen and oxygen atoms in total. The Morgan fingerprint density at radius 1 is 1.56 bits per heavy atom. The summed E-state index contributed by atoms with van der Waals surface area (Å²) in [5, 5.41) is 0. The topological polar surface area (TPSA) is 64.3 Å². The van der Waals surface area contributed by atoms with Crippen LogP contribution in [-0.2, 0) is 4.79 Å². The molecule has 0 aliphatic carbocycles. The number of benzene rings is 1. The van der Waals surface area contributed by atoms with Crippen molar-refractivity contribution in [3.05, 3.63) is 28.5 Å². The molecule has 0 atom stereocenters. The second-order valence-electron chi connectivity index (χ2n) is 3.09. The molecular formula is C10H12BrFN2O2. The van der Waals surface area contributed by atoms with Crippen molar-refractivity contribution < 1.29 is 13.9 Å². The number of hydrogen-bond acceptors (Lipinski definition) is 3. The Labute approximate surface area is 101 Å². The van der Waals surface area contributed by atoms with Crippen LogP contribution >= 0.6 is 15.9 Å². The van der Waals surface area contributed by atoms with E-state index in [0.29, 0.717) is 29.7 Å². The van der Waals surface area contributed by atoms with Crippen molar-refractivity contribution in [1.82, 2.24) is 5.43 Å². The summed E-state index contributed by atoms with van der Waals surface area (Å²) in [6.07, 6.45) is 0.849. The fourth-order valence-electron chi connectivity index (χ4n) is 1.08. The van der Waals surface area contributed by atoms with Crippen LogP contribution in [0.25, 0.3) is 0 Å². The quantitative estimate of drug-likeness (QED) is 0.376. The molecule has 1 rings (SSSR count). The highest BCUT2D eigenvalue weighted by Crippen LogP contribution is 2.25. The van der Waals surface area contributed by atoms with Crippen LogP contribution in [0.2, 0.25) is 0 Å². The summed E-state index contributed by atoms with van der Waals surface area (Å²) in [6, 6.07) is 4.16. The molecule has 3 N–H and O–H groups in total. The number of nitrogens with one attached hydrogen (secondary N) is 1. The van der Waals surface area contributed by atoms with E-state index in [1.807, 2.05) is 5.43 Å². The van der Waals surface area contributed by atoms with Crippen LogP contribution in [0, 0.1) is 5.82 Å². The average Bonchev–Trinajstić information content (AvgIpc) is 2.26. The third kappa shape index (κ3) is 4.16. The largest absolute Gasteiger partial charge is 0.492 e. The molecule has 1 aromatic carbocycles. The van der Waals surface area contributed by atoms with Crippen molar-refractivity contribution in [2.45, 2.75) is 12.8 Å². The molecule has 16 heavy (non-hydrogen) atoms. The number of ether oxygens (including phenoxy) is 1. The Balaban J connectivity index is 2.35.